The van der Waals surface area contributed by atoms with Crippen LogP contribution in [0.3, 0.4) is 0 Å². The molecule has 0 bridgehead atoms. The molecule has 0 saturated heterocycles. The van der Waals surface area contributed by atoms with Crippen molar-refractivity contribution in [2.45, 2.75) is 31.7 Å². The zero-order valence-electron chi connectivity index (χ0n) is 11.0. The standard InChI is InChI=1S/C16H17ClN2/c1-12-6-8-14-4-2-3-5-15(14)19(12)16-9-7-13(10-17)11-18-16/h2-5,7,9,11-12H,6,8,10H2,1H3. The van der Waals surface area contributed by atoms with E-state index in [0.29, 0.717) is 11.9 Å². The van der Waals surface area contributed by atoms with E-state index in [1.54, 1.807) is 0 Å². The molecule has 0 fully saturated rings. The van der Waals surface area contributed by atoms with E-state index in [-0.39, 0.29) is 0 Å². The Hall–Kier alpha value is -1.54. The monoisotopic (exact) mass is 272 g/mol. The number of halogens is 1. The highest BCUT2D eigenvalue weighted by molar-refractivity contribution is 6.17. The van der Waals surface area contributed by atoms with Gasteiger partial charge in [0.15, 0.2) is 0 Å². The van der Waals surface area contributed by atoms with Crippen LogP contribution in [-0.4, -0.2) is 11.0 Å². The minimum Gasteiger partial charge on any atom is -0.323 e. The zero-order chi connectivity index (χ0) is 13.2. The van der Waals surface area contributed by atoms with Gasteiger partial charge in [-0.2, -0.15) is 0 Å². The number of aromatic nitrogens is 1. The largest absolute Gasteiger partial charge is 0.323 e. The highest BCUT2D eigenvalue weighted by atomic mass is 35.5. The molecule has 0 aliphatic carbocycles. The lowest BCUT2D eigenvalue weighted by molar-refractivity contribution is 0.613. The molecule has 1 aromatic heterocycles. The molecule has 0 amide bonds. The number of fused-ring (bicyclic) bond motifs is 1. The van der Waals surface area contributed by atoms with Gasteiger partial charge in [-0.1, -0.05) is 24.3 Å². The quantitative estimate of drug-likeness (QED) is 0.758. The third kappa shape index (κ3) is 2.33. The summed E-state index contributed by atoms with van der Waals surface area (Å²) >= 11 is 5.82. The number of benzene rings is 1. The van der Waals surface area contributed by atoms with Crippen LogP contribution in [0.5, 0.6) is 0 Å². The molecule has 2 heterocycles. The predicted molar refractivity (Wildman–Crippen MR) is 80.2 cm³/mol. The summed E-state index contributed by atoms with van der Waals surface area (Å²) in [7, 11) is 0. The molecular formula is C16H17ClN2. The number of hydrogen-bond acceptors (Lipinski definition) is 2. The van der Waals surface area contributed by atoms with Crippen LogP contribution in [0.4, 0.5) is 11.5 Å². The average molecular weight is 273 g/mol. The smallest absolute Gasteiger partial charge is 0.133 e. The average Bonchev–Trinajstić information content (AvgIpc) is 2.47. The van der Waals surface area contributed by atoms with Gasteiger partial charge < -0.3 is 4.90 Å². The van der Waals surface area contributed by atoms with E-state index in [1.165, 1.54) is 11.3 Å². The van der Waals surface area contributed by atoms with Crippen molar-refractivity contribution < 1.29 is 0 Å². The van der Waals surface area contributed by atoms with Crippen LogP contribution < -0.4 is 4.90 Å². The van der Waals surface area contributed by atoms with Crippen molar-refractivity contribution >= 4 is 23.1 Å². The number of anilines is 2. The van der Waals surface area contributed by atoms with E-state index in [2.05, 4.69) is 53.2 Å². The molecule has 0 radical (unpaired) electrons. The van der Waals surface area contributed by atoms with E-state index in [4.69, 9.17) is 11.6 Å². The summed E-state index contributed by atoms with van der Waals surface area (Å²) in [5.74, 6) is 1.52. The third-order valence-corrected chi connectivity index (χ3v) is 4.04. The second-order valence-corrected chi connectivity index (χ2v) is 5.31. The van der Waals surface area contributed by atoms with Crippen LogP contribution in [0, 0.1) is 0 Å². The molecule has 19 heavy (non-hydrogen) atoms. The van der Waals surface area contributed by atoms with Crippen molar-refractivity contribution in [1.29, 1.82) is 0 Å². The number of hydrogen-bond donors (Lipinski definition) is 0. The van der Waals surface area contributed by atoms with E-state index in [0.717, 1.165) is 24.2 Å². The maximum atomic E-state index is 5.82. The molecule has 1 atom stereocenters. The van der Waals surface area contributed by atoms with Gasteiger partial charge in [-0.25, -0.2) is 4.98 Å². The lowest BCUT2D eigenvalue weighted by Gasteiger charge is -2.36. The van der Waals surface area contributed by atoms with Crippen molar-refractivity contribution in [3.8, 4) is 0 Å². The SMILES string of the molecule is CC1CCc2ccccc2N1c1ccc(CCl)cn1. The van der Waals surface area contributed by atoms with Crippen molar-refractivity contribution in [3.63, 3.8) is 0 Å². The Bertz CT molecular complexity index is 565. The van der Waals surface area contributed by atoms with E-state index in [1.807, 2.05) is 6.20 Å². The van der Waals surface area contributed by atoms with Gasteiger partial charge in [0.2, 0.25) is 0 Å². The Morgan fingerprint density at radius 3 is 2.84 bits per heavy atom. The summed E-state index contributed by atoms with van der Waals surface area (Å²) < 4.78 is 0. The van der Waals surface area contributed by atoms with E-state index >= 15 is 0 Å². The molecule has 1 aromatic carbocycles. The van der Waals surface area contributed by atoms with Crippen LogP contribution in [0.15, 0.2) is 42.6 Å². The summed E-state index contributed by atoms with van der Waals surface area (Å²) in [6.07, 6.45) is 4.18. The van der Waals surface area contributed by atoms with Gasteiger partial charge in [-0.3, -0.25) is 0 Å². The molecule has 1 aliphatic rings. The molecule has 2 nitrogen and oxygen atoms in total. The third-order valence-electron chi connectivity index (χ3n) is 3.73. The fraction of sp³-hybridized carbons (Fsp3) is 0.312. The van der Waals surface area contributed by atoms with Gasteiger partial charge in [0.05, 0.1) is 0 Å². The Labute approximate surface area is 119 Å². The van der Waals surface area contributed by atoms with Crippen molar-refractivity contribution in [1.82, 2.24) is 4.98 Å². The molecule has 3 heteroatoms. The lowest BCUT2D eigenvalue weighted by atomic mass is 9.96. The van der Waals surface area contributed by atoms with Crippen LogP contribution in [-0.2, 0) is 12.3 Å². The highest BCUT2D eigenvalue weighted by Gasteiger charge is 2.24. The Kier molecular flexibility index (Phi) is 3.43. The Morgan fingerprint density at radius 1 is 1.26 bits per heavy atom. The minimum atomic E-state index is 0.476. The molecule has 0 spiro atoms. The first-order valence-corrected chi connectivity index (χ1v) is 7.21. The van der Waals surface area contributed by atoms with Crippen molar-refractivity contribution in [3.05, 3.63) is 53.7 Å². The number of nitrogens with zero attached hydrogens (tertiary/aromatic N) is 2. The van der Waals surface area contributed by atoms with Gasteiger partial charge in [-0.15, -0.1) is 11.6 Å². The fourth-order valence-corrected chi connectivity index (χ4v) is 2.83. The fourth-order valence-electron chi connectivity index (χ4n) is 2.68. The first kappa shape index (κ1) is 12.5. The number of para-hydroxylation sites is 1. The molecule has 98 valence electrons. The van der Waals surface area contributed by atoms with Crippen LogP contribution in [0.25, 0.3) is 0 Å². The molecule has 1 unspecified atom stereocenters. The summed E-state index contributed by atoms with van der Waals surface area (Å²) in [5, 5.41) is 0. The number of alkyl halides is 1. The van der Waals surface area contributed by atoms with Gasteiger partial charge in [0.25, 0.3) is 0 Å². The Morgan fingerprint density at radius 2 is 2.11 bits per heavy atom. The predicted octanol–water partition coefficient (Wildman–Crippen LogP) is 4.29. The van der Waals surface area contributed by atoms with Gasteiger partial charge in [0, 0.05) is 23.8 Å². The lowest BCUT2D eigenvalue weighted by Crippen LogP contribution is -2.33. The van der Waals surface area contributed by atoms with E-state index < -0.39 is 0 Å². The van der Waals surface area contributed by atoms with Crippen LogP contribution in [0.1, 0.15) is 24.5 Å². The van der Waals surface area contributed by atoms with Crippen LogP contribution >= 0.6 is 11.6 Å². The molecule has 2 aromatic rings. The second-order valence-electron chi connectivity index (χ2n) is 5.04. The first-order chi connectivity index (χ1) is 9.29. The molecule has 0 saturated carbocycles. The highest BCUT2D eigenvalue weighted by Crippen LogP contribution is 2.35. The van der Waals surface area contributed by atoms with Gasteiger partial charge in [-0.05, 0) is 43.0 Å². The molecular weight excluding hydrogens is 256 g/mol. The first-order valence-electron chi connectivity index (χ1n) is 6.67. The topological polar surface area (TPSA) is 16.1 Å². The molecule has 1 aliphatic heterocycles. The van der Waals surface area contributed by atoms with Crippen LogP contribution in [0.2, 0.25) is 0 Å². The van der Waals surface area contributed by atoms with Crippen molar-refractivity contribution in [2.75, 3.05) is 4.90 Å². The summed E-state index contributed by atoms with van der Waals surface area (Å²) in [6, 6.07) is 13.2. The maximum absolute atomic E-state index is 5.82. The number of pyridine rings is 1. The minimum absolute atomic E-state index is 0.476. The summed E-state index contributed by atoms with van der Waals surface area (Å²) in [5.41, 5.74) is 3.75. The zero-order valence-corrected chi connectivity index (χ0v) is 11.8. The molecule has 0 N–H and O–H groups in total. The summed E-state index contributed by atoms with van der Waals surface area (Å²) in [4.78, 5) is 6.89. The molecule has 3 rings (SSSR count). The van der Waals surface area contributed by atoms with E-state index in [9.17, 15) is 0 Å². The van der Waals surface area contributed by atoms with Gasteiger partial charge in [0.1, 0.15) is 5.82 Å². The van der Waals surface area contributed by atoms with Gasteiger partial charge >= 0.3 is 0 Å². The summed E-state index contributed by atoms with van der Waals surface area (Å²) in [6.45, 7) is 2.26. The normalized spacial score (nSPS) is 18.2. The number of aryl methyl sites for hydroxylation is 1. The maximum Gasteiger partial charge on any atom is 0.133 e. The Balaban J connectivity index is 2.02. The number of rotatable bonds is 2. The second kappa shape index (κ2) is 5.22. The van der Waals surface area contributed by atoms with Crippen molar-refractivity contribution in [2.24, 2.45) is 0 Å².